The molecule has 0 aromatic carbocycles. The van der Waals surface area contributed by atoms with Crippen molar-refractivity contribution in [2.75, 3.05) is 33.1 Å². The van der Waals surface area contributed by atoms with Gasteiger partial charge in [0, 0.05) is 13.1 Å². The summed E-state index contributed by atoms with van der Waals surface area (Å²) in [5.74, 6) is -2.39. The first kappa shape index (κ1) is 13.9. The second kappa shape index (κ2) is 5.46. The smallest absolute Gasteiger partial charge is 0.322 e. The average Bonchev–Trinajstić information content (AvgIpc) is 2.77. The predicted molar refractivity (Wildman–Crippen MR) is 57.5 cm³/mol. The summed E-state index contributed by atoms with van der Waals surface area (Å²) in [5, 5.41) is 0. The normalized spacial score (nSPS) is 21.2. The molecule has 1 atom stereocenters. The number of sulfonamides is 1. The fourth-order valence-electron chi connectivity index (χ4n) is 1.64. The summed E-state index contributed by atoms with van der Waals surface area (Å²) in [6.07, 6.45) is 0.410. The third-order valence-corrected chi connectivity index (χ3v) is 4.33. The molecule has 1 heterocycles. The molecule has 1 saturated heterocycles. The van der Waals surface area contributed by atoms with Gasteiger partial charge in [-0.1, -0.05) is 0 Å². The summed E-state index contributed by atoms with van der Waals surface area (Å²) in [5.41, 5.74) is 0. The minimum Gasteiger partial charge on any atom is -0.469 e. The van der Waals surface area contributed by atoms with Crippen LogP contribution in [0.4, 0.5) is 0 Å². The van der Waals surface area contributed by atoms with Crippen molar-refractivity contribution in [3.8, 4) is 0 Å². The lowest BCUT2D eigenvalue weighted by Crippen LogP contribution is -2.35. The molecule has 0 N–H and O–H groups in total. The molecule has 0 aromatic rings. The molecule has 1 aliphatic rings. The van der Waals surface area contributed by atoms with Crippen molar-refractivity contribution in [3.05, 3.63) is 0 Å². The number of rotatable bonds is 4. The molecule has 98 valence electrons. The van der Waals surface area contributed by atoms with Crippen molar-refractivity contribution in [3.63, 3.8) is 0 Å². The number of esters is 2. The molecule has 0 aliphatic carbocycles. The van der Waals surface area contributed by atoms with Crippen molar-refractivity contribution in [2.45, 2.75) is 6.42 Å². The van der Waals surface area contributed by atoms with E-state index in [9.17, 15) is 18.0 Å². The summed E-state index contributed by atoms with van der Waals surface area (Å²) >= 11 is 0. The number of carbonyl (C=O) groups excluding carboxylic acids is 2. The number of ether oxygens (including phenoxy) is 2. The molecule has 0 radical (unpaired) electrons. The van der Waals surface area contributed by atoms with Crippen LogP contribution < -0.4 is 0 Å². The molecule has 0 amide bonds. The van der Waals surface area contributed by atoms with Gasteiger partial charge in [-0.25, -0.2) is 12.7 Å². The van der Waals surface area contributed by atoms with Gasteiger partial charge in [-0.15, -0.1) is 0 Å². The van der Waals surface area contributed by atoms with Crippen molar-refractivity contribution < 1.29 is 27.5 Å². The zero-order valence-electron chi connectivity index (χ0n) is 9.71. The highest BCUT2D eigenvalue weighted by Crippen LogP contribution is 2.20. The fraction of sp³-hybridized carbons (Fsp3) is 0.778. The van der Waals surface area contributed by atoms with E-state index in [1.165, 1.54) is 7.11 Å². The van der Waals surface area contributed by atoms with Crippen LogP contribution in [0.3, 0.4) is 0 Å². The third kappa shape index (κ3) is 3.40. The van der Waals surface area contributed by atoms with E-state index in [1.54, 1.807) is 0 Å². The van der Waals surface area contributed by atoms with Crippen molar-refractivity contribution >= 4 is 22.0 Å². The zero-order valence-corrected chi connectivity index (χ0v) is 10.5. The van der Waals surface area contributed by atoms with Gasteiger partial charge in [-0.05, 0) is 6.42 Å². The van der Waals surface area contributed by atoms with E-state index < -0.39 is 33.6 Å². The molecule has 1 aliphatic heterocycles. The molecule has 1 rings (SSSR count). The molecular weight excluding hydrogens is 250 g/mol. The van der Waals surface area contributed by atoms with Crippen molar-refractivity contribution in [2.24, 2.45) is 5.92 Å². The van der Waals surface area contributed by atoms with E-state index in [0.29, 0.717) is 6.42 Å². The van der Waals surface area contributed by atoms with E-state index in [2.05, 4.69) is 9.47 Å². The van der Waals surface area contributed by atoms with Crippen LogP contribution in [0.2, 0.25) is 0 Å². The third-order valence-electron chi connectivity index (χ3n) is 2.61. The van der Waals surface area contributed by atoms with Gasteiger partial charge in [0.25, 0.3) is 0 Å². The molecule has 8 heteroatoms. The molecule has 7 nitrogen and oxygen atoms in total. The van der Waals surface area contributed by atoms with Gasteiger partial charge >= 0.3 is 11.9 Å². The standard InChI is InChI=1S/C9H15NO6S/c1-15-8(11)6-17(13,14)10-4-3-7(5-10)9(12)16-2/h7H,3-6H2,1-2H3. The SMILES string of the molecule is COC(=O)CS(=O)(=O)N1CCC(C(=O)OC)C1. The monoisotopic (exact) mass is 265 g/mol. The summed E-state index contributed by atoms with van der Waals surface area (Å²) in [6.45, 7) is 0.283. The van der Waals surface area contributed by atoms with Crippen molar-refractivity contribution in [1.29, 1.82) is 0 Å². The summed E-state index contributed by atoms with van der Waals surface area (Å²) in [6, 6.07) is 0. The molecular formula is C9H15NO6S. The maximum absolute atomic E-state index is 11.7. The first-order valence-electron chi connectivity index (χ1n) is 5.03. The van der Waals surface area contributed by atoms with E-state index in [4.69, 9.17) is 0 Å². The number of nitrogens with zero attached hydrogens (tertiary/aromatic N) is 1. The lowest BCUT2D eigenvalue weighted by atomic mass is 10.1. The summed E-state index contributed by atoms with van der Waals surface area (Å²) in [4.78, 5) is 22.2. The van der Waals surface area contributed by atoms with Crippen LogP contribution in [0.5, 0.6) is 0 Å². The van der Waals surface area contributed by atoms with Crippen LogP contribution >= 0.6 is 0 Å². The Labute approximate surface area is 99.7 Å². The second-order valence-electron chi connectivity index (χ2n) is 3.70. The summed E-state index contributed by atoms with van der Waals surface area (Å²) < 4.78 is 33.4. The quantitative estimate of drug-likeness (QED) is 0.605. The van der Waals surface area contributed by atoms with Gasteiger partial charge in [0.05, 0.1) is 20.1 Å². The van der Waals surface area contributed by atoms with Gasteiger partial charge in [-0.2, -0.15) is 0 Å². The van der Waals surface area contributed by atoms with Gasteiger partial charge in [0.15, 0.2) is 5.75 Å². The van der Waals surface area contributed by atoms with E-state index in [-0.39, 0.29) is 13.1 Å². The molecule has 1 unspecified atom stereocenters. The topological polar surface area (TPSA) is 90.0 Å². The van der Waals surface area contributed by atoms with E-state index in [0.717, 1.165) is 11.4 Å². The largest absolute Gasteiger partial charge is 0.469 e. The van der Waals surface area contributed by atoms with Crippen LogP contribution in [0.25, 0.3) is 0 Å². The fourth-order valence-corrected chi connectivity index (χ4v) is 3.03. The Morgan fingerprint density at radius 3 is 2.47 bits per heavy atom. The summed E-state index contributed by atoms with van der Waals surface area (Å²) in [7, 11) is -1.31. The molecule has 0 spiro atoms. The highest BCUT2D eigenvalue weighted by atomic mass is 32.2. The Bertz CT molecular complexity index is 404. The lowest BCUT2D eigenvalue weighted by molar-refractivity contribution is -0.144. The van der Waals surface area contributed by atoms with Gasteiger partial charge in [0.2, 0.25) is 10.0 Å². The second-order valence-corrected chi connectivity index (χ2v) is 5.67. The maximum Gasteiger partial charge on any atom is 0.322 e. The molecule has 0 saturated carbocycles. The number of methoxy groups -OCH3 is 2. The van der Waals surface area contributed by atoms with Crippen LogP contribution in [0.1, 0.15) is 6.42 Å². The minimum absolute atomic E-state index is 0.0615. The van der Waals surface area contributed by atoms with Crippen LogP contribution in [-0.4, -0.2) is 57.7 Å². The number of carbonyl (C=O) groups is 2. The van der Waals surface area contributed by atoms with Crippen LogP contribution in [0, 0.1) is 5.92 Å². The predicted octanol–water partition coefficient (Wildman–Crippen LogP) is -1.02. The highest BCUT2D eigenvalue weighted by molar-refractivity contribution is 7.89. The van der Waals surface area contributed by atoms with Crippen LogP contribution in [-0.2, 0) is 29.1 Å². The molecule has 17 heavy (non-hydrogen) atoms. The molecule has 0 bridgehead atoms. The molecule has 1 fully saturated rings. The van der Waals surface area contributed by atoms with Crippen LogP contribution in [0.15, 0.2) is 0 Å². The first-order chi connectivity index (χ1) is 7.90. The van der Waals surface area contributed by atoms with E-state index in [1.807, 2.05) is 0 Å². The first-order valence-corrected chi connectivity index (χ1v) is 6.64. The maximum atomic E-state index is 11.7. The Balaban J connectivity index is 2.64. The highest BCUT2D eigenvalue weighted by Gasteiger charge is 2.36. The van der Waals surface area contributed by atoms with E-state index >= 15 is 0 Å². The van der Waals surface area contributed by atoms with Gasteiger partial charge in [-0.3, -0.25) is 9.59 Å². The average molecular weight is 265 g/mol. The minimum atomic E-state index is -3.69. The Morgan fingerprint density at radius 1 is 1.29 bits per heavy atom. The number of hydrogen-bond donors (Lipinski definition) is 0. The Morgan fingerprint density at radius 2 is 1.94 bits per heavy atom. The van der Waals surface area contributed by atoms with Gasteiger partial charge in [0.1, 0.15) is 0 Å². The number of hydrogen-bond acceptors (Lipinski definition) is 6. The van der Waals surface area contributed by atoms with Gasteiger partial charge < -0.3 is 9.47 Å². The Kier molecular flexibility index (Phi) is 4.47. The Hall–Kier alpha value is -1.15. The lowest BCUT2D eigenvalue weighted by Gasteiger charge is -2.14. The van der Waals surface area contributed by atoms with Crippen molar-refractivity contribution in [1.82, 2.24) is 4.31 Å². The zero-order chi connectivity index (χ0) is 13.1. The molecule has 0 aromatic heterocycles.